The minimum absolute atomic E-state index is 0.564. The quantitative estimate of drug-likeness (QED) is 0.591. The standard InChI is InChI=1S/C10H11Cl/c1-3-9-6-4-5-8(2)10(9)7-11/h3-6H,1,7H2,2H3. The molecule has 0 aliphatic rings. The average molecular weight is 167 g/mol. The summed E-state index contributed by atoms with van der Waals surface area (Å²) < 4.78 is 0. The summed E-state index contributed by atoms with van der Waals surface area (Å²) in [5, 5.41) is 0. The van der Waals surface area contributed by atoms with Crippen LogP contribution in [0.2, 0.25) is 0 Å². The summed E-state index contributed by atoms with van der Waals surface area (Å²) in [6.45, 7) is 5.78. The molecule has 1 heteroatoms. The molecule has 0 fully saturated rings. The van der Waals surface area contributed by atoms with Gasteiger partial charge < -0.3 is 0 Å². The molecule has 11 heavy (non-hydrogen) atoms. The highest BCUT2D eigenvalue weighted by molar-refractivity contribution is 6.17. The largest absolute Gasteiger partial charge is 0.122 e. The number of hydrogen-bond acceptors (Lipinski definition) is 0. The Morgan fingerprint density at radius 3 is 2.73 bits per heavy atom. The number of halogens is 1. The van der Waals surface area contributed by atoms with Crippen LogP contribution in [-0.2, 0) is 5.88 Å². The molecule has 0 aromatic heterocycles. The first kappa shape index (κ1) is 8.35. The fourth-order valence-corrected chi connectivity index (χ4v) is 1.46. The van der Waals surface area contributed by atoms with Gasteiger partial charge in [-0.25, -0.2) is 0 Å². The van der Waals surface area contributed by atoms with E-state index >= 15 is 0 Å². The van der Waals surface area contributed by atoms with Gasteiger partial charge in [0, 0.05) is 5.88 Å². The Kier molecular flexibility index (Phi) is 2.72. The maximum atomic E-state index is 5.77. The van der Waals surface area contributed by atoms with E-state index in [4.69, 9.17) is 11.6 Å². The van der Waals surface area contributed by atoms with Gasteiger partial charge in [-0.1, -0.05) is 30.9 Å². The van der Waals surface area contributed by atoms with Crippen molar-refractivity contribution in [3.8, 4) is 0 Å². The van der Waals surface area contributed by atoms with Gasteiger partial charge in [0.1, 0.15) is 0 Å². The van der Waals surface area contributed by atoms with Crippen LogP contribution in [0, 0.1) is 6.92 Å². The fourth-order valence-electron chi connectivity index (χ4n) is 1.10. The van der Waals surface area contributed by atoms with Crippen LogP contribution >= 0.6 is 11.6 Å². The number of rotatable bonds is 2. The first-order valence-electron chi connectivity index (χ1n) is 3.56. The van der Waals surface area contributed by atoms with E-state index in [0.29, 0.717) is 5.88 Å². The van der Waals surface area contributed by atoms with E-state index in [2.05, 4.69) is 19.6 Å². The molecule has 1 rings (SSSR count). The van der Waals surface area contributed by atoms with E-state index in [1.165, 1.54) is 11.1 Å². The Morgan fingerprint density at radius 1 is 1.55 bits per heavy atom. The zero-order chi connectivity index (χ0) is 8.27. The van der Waals surface area contributed by atoms with Crippen molar-refractivity contribution in [3.05, 3.63) is 41.5 Å². The molecule has 1 aromatic rings. The molecule has 0 N–H and O–H groups in total. The Labute approximate surface area is 72.5 Å². The minimum Gasteiger partial charge on any atom is -0.122 e. The molecule has 0 amide bonds. The summed E-state index contributed by atoms with van der Waals surface area (Å²) in [6, 6.07) is 6.10. The predicted molar refractivity (Wildman–Crippen MR) is 50.8 cm³/mol. The first-order valence-corrected chi connectivity index (χ1v) is 4.10. The highest BCUT2D eigenvalue weighted by Crippen LogP contribution is 2.16. The molecule has 0 nitrogen and oxygen atoms in total. The van der Waals surface area contributed by atoms with E-state index in [1.54, 1.807) is 0 Å². The summed E-state index contributed by atoms with van der Waals surface area (Å²) in [5.74, 6) is 0.564. The third kappa shape index (κ3) is 1.63. The molecule has 0 unspecified atom stereocenters. The van der Waals surface area contributed by atoms with Crippen molar-refractivity contribution >= 4 is 17.7 Å². The van der Waals surface area contributed by atoms with Crippen LogP contribution in [0.25, 0.3) is 6.08 Å². The number of benzene rings is 1. The highest BCUT2D eigenvalue weighted by Gasteiger charge is 1.99. The monoisotopic (exact) mass is 166 g/mol. The van der Waals surface area contributed by atoms with Gasteiger partial charge in [0.05, 0.1) is 0 Å². The molecule has 1 aromatic carbocycles. The number of aryl methyl sites for hydroxylation is 1. The Bertz CT molecular complexity index is 264. The lowest BCUT2D eigenvalue weighted by atomic mass is 10.0. The van der Waals surface area contributed by atoms with Gasteiger partial charge in [-0.15, -0.1) is 11.6 Å². The number of alkyl halides is 1. The molecule has 0 saturated carbocycles. The minimum atomic E-state index is 0.564. The SMILES string of the molecule is C=Cc1cccc(C)c1CCl. The average Bonchev–Trinajstić information content (AvgIpc) is 2.04. The summed E-state index contributed by atoms with van der Waals surface area (Å²) >= 11 is 5.77. The molecule has 58 valence electrons. The van der Waals surface area contributed by atoms with E-state index in [9.17, 15) is 0 Å². The molecule has 0 atom stereocenters. The summed E-state index contributed by atoms with van der Waals surface area (Å²) in [6.07, 6.45) is 1.84. The van der Waals surface area contributed by atoms with Gasteiger partial charge in [0.2, 0.25) is 0 Å². The van der Waals surface area contributed by atoms with Crippen molar-refractivity contribution < 1.29 is 0 Å². The van der Waals surface area contributed by atoms with Gasteiger partial charge in [-0.2, -0.15) is 0 Å². The molecule has 0 bridgehead atoms. The lowest BCUT2D eigenvalue weighted by Gasteiger charge is -2.04. The third-order valence-electron chi connectivity index (χ3n) is 1.80. The molecule has 0 spiro atoms. The number of hydrogen-bond donors (Lipinski definition) is 0. The predicted octanol–water partition coefficient (Wildman–Crippen LogP) is 3.38. The first-order chi connectivity index (χ1) is 5.29. The van der Waals surface area contributed by atoms with Crippen LogP contribution in [0.15, 0.2) is 24.8 Å². The van der Waals surface area contributed by atoms with Crippen LogP contribution in [0.5, 0.6) is 0 Å². The van der Waals surface area contributed by atoms with Crippen LogP contribution in [0.1, 0.15) is 16.7 Å². The van der Waals surface area contributed by atoms with Crippen LogP contribution in [0.4, 0.5) is 0 Å². The second-order valence-electron chi connectivity index (χ2n) is 2.48. The summed E-state index contributed by atoms with van der Waals surface area (Å²) in [5.41, 5.74) is 3.56. The second kappa shape index (κ2) is 3.59. The van der Waals surface area contributed by atoms with E-state index < -0.39 is 0 Å². The molecule has 0 saturated heterocycles. The van der Waals surface area contributed by atoms with Gasteiger partial charge in [-0.05, 0) is 23.6 Å². The smallest absolute Gasteiger partial charge is 0.0482 e. The van der Waals surface area contributed by atoms with Gasteiger partial charge >= 0.3 is 0 Å². The Hall–Kier alpha value is -0.750. The van der Waals surface area contributed by atoms with E-state index in [0.717, 1.165) is 5.56 Å². The molecule has 0 aliphatic heterocycles. The Morgan fingerprint density at radius 2 is 2.27 bits per heavy atom. The van der Waals surface area contributed by atoms with Crippen molar-refractivity contribution in [3.63, 3.8) is 0 Å². The maximum absolute atomic E-state index is 5.77. The third-order valence-corrected chi connectivity index (χ3v) is 2.07. The lowest BCUT2D eigenvalue weighted by molar-refractivity contribution is 1.29. The Balaban J connectivity index is 3.23. The van der Waals surface area contributed by atoms with Gasteiger partial charge in [-0.3, -0.25) is 0 Å². The van der Waals surface area contributed by atoms with Crippen molar-refractivity contribution in [1.82, 2.24) is 0 Å². The molecular weight excluding hydrogens is 156 g/mol. The second-order valence-corrected chi connectivity index (χ2v) is 2.75. The highest BCUT2D eigenvalue weighted by atomic mass is 35.5. The van der Waals surface area contributed by atoms with Gasteiger partial charge in [0.25, 0.3) is 0 Å². The van der Waals surface area contributed by atoms with E-state index in [-0.39, 0.29) is 0 Å². The van der Waals surface area contributed by atoms with E-state index in [1.807, 2.05) is 18.2 Å². The zero-order valence-electron chi connectivity index (χ0n) is 6.60. The topological polar surface area (TPSA) is 0 Å². The van der Waals surface area contributed by atoms with Crippen LogP contribution in [0.3, 0.4) is 0 Å². The normalized spacial score (nSPS) is 9.64. The zero-order valence-corrected chi connectivity index (χ0v) is 7.36. The molecule has 0 radical (unpaired) electrons. The fraction of sp³-hybridized carbons (Fsp3) is 0.200. The van der Waals surface area contributed by atoms with Crippen molar-refractivity contribution in [2.75, 3.05) is 0 Å². The van der Waals surface area contributed by atoms with Crippen LogP contribution < -0.4 is 0 Å². The molecule has 0 aliphatic carbocycles. The molecular formula is C10H11Cl. The lowest BCUT2D eigenvalue weighted by Crippen LogP contribution is -1.88. The summed E-state index contributed by atoms with van der Waals surface area (Å²) in [4.78, 5) is 0. The van der Waals surface area contributed by atoms with Crippen molar-refractivity contribution in [2.24, 2.45) is 0 Å². The van der Waals surface area contributed by atoms with Crippen molar-refractivity contribution in [2.45, 2.75) is 12.8 Å². The summed E-state index contributed by atoms with van der Waals surface area (Å²) in [7, 11) is 0. The molecule has 0 heterocycles. The maximum Gasteiger partial charge on any atom is 0.0482 e. The van der Waals surface area contributed by atoms with Gasteiger partial charge in [0.15, 0.2) is 0 Å². The van der Waals surface area contributed by atoms with Crippen molar-refractivity contribution in [1.29, 1.82) is 0 Å². The van der Waals surface area contributed by atoms with Crippen LogP contribution in [-0.4, -0.2) is 0 Å².